The molecule has 3 aliphatic rings. The second kappa shape index (κ2) is 25.3. The number of unbranched alkanes of at least 4 members (excludes halogenated alkanes) is 1. The van der Waals surface area contributed by atoms with Crippen molar-refractivity contribution in [1.29, 1.82) is 0 Å². The maximum absolute atomic E-state index is 13.2. The van der Waals surface area contributed by atoms with Crippen LogP contribution in [0.4, 0.5) is 39.5 Å². The quantitative estimate of drug-likeness (QED) is 0.0444. The summed E-state index contributed by atoms with van der Waals surface area (Å²) in [5, 5.41) is 0. The van der Waals surface area contributed by atoms with Gasteiger partial charge in [0.25, 0.3) is 0 Å². The molecule has 0 aliphatic heterocycles. The number of hydrogen-bond acceptors (Lipinski definition) is 9. The van der Waals surface area contributed by atoms with Crippen molar-refractivity contribution in [3.05, 3.63) is 29.3 Å². The molecule has 0 spiro atoms. The third-order valence-electron chi connectivity index (χ3n) is 12.6. The van der Waals surface area contributed by atoms with E-state index in [0.29, 0.717) is 63.1 Å². The SMILES string of the molecule is CC(C)OCC(CCCOCCSSCCOCCCCOc1ccc2c(c1)CCC1C2CCC2(C)C(OCCCOC(C(F)(F)F)(C(F)(F)F)C(F)(F)F)CCC12)COC(C)C. The van der Waals surface area contributed by atoms with Gasteiger partial charge in [0.2, 0.25) is 0 Å². The number of ether oxygens (including phenoxy) is 7. The van der Waals surface area contributed by atoms with Crippen LogP contribution in [0, 0.1) is 23.2 Å². The summed E-state index contributed by atoms with van der Waals surface area (Å²) in [6.07, 6.45) is -11.7. The molecule has 63 heavy (non-hydrogen) atoms. The highest BCUT2D eigenvalue weighted by Gasteiger charge is 2.85. The molecule has 3 aliphatic carbocycles. The molecule has 0 heterocycles. The first-order chi connectivity index (χ1) is 29.7. The Morgan fingerprint density at radius 3 is 1.89 bits per heavy atom. The van der Waals surface area contributed by atoms with Crippen LogP contribution in [0.25, 0.3) is 0 Å². The highest BCUT2D eigenvalue weighted by atomic mass is 33.1. The Hall–Kier alpha value is -1.15. The first kappa shape index (κ1) is 54.5. The summed E-state index contributed by atoms with van der Waals surface area (Å²) in [7, 11) is 3.60. The number of halogens is 9. The highest BCUT2D eigenvalue weighted by molar-refractivity contribution is 8.76. The normalized spacial score (nSPS) is 23.1. The van der Waals surface area contributed by atoms with Gasteiger partial charge in [-0.2, -0.15) is 39.5 Å². The molecule has 2 fully saturated rings. The Kier molecular flexibility index (Phi) is 21.9. The van der Waals surface area contributed by atoms with E-state index in [2.05, 4.69) is 51.5 Å². The fourth-order valence-corrected chi connectivity index (χ4v) is 11.2. The first-order valence-electron chi connectivity index (χ1n) is 22.6. The van der Waals surface area contributed by atoms with Gasteiger partial charge in [-0.25, -0.2) is 0 Å². The average molecular weight is 957 g/mol. The summed E-state index contributed by atoms with van der Waals surface area (Å²) in [6, 6.07) is 6.35. The third-order valence-corrected chi connectivity index (χ3v) is 15.0. The maximum Gasteiger partial charge on any atom is 0.435 e. The van der Waals surface area contributed by atoms with Crippen LogP contribution in [0.2, 0.25) is 0 Å². The molecule has 5 atom stereocenters. The van der Waals surface area contributed by atoms with E-state index in [-0.39, 0.29) is 30.3 Å². The van der Waals surface area contributed by atoms with Crippen molar-refractivity contribution >= 4 is 21.6 Å². The molecule has 2 saturated carbocycles. The second-order valence-electron chi connectivity index (χ2n) is 17.8. The van der Waals surface area contributed by atoms with E-state index in [0.717, 1.165) is 88.3 Å². The molecule has 5 unspecified atom stereocenters. The monoisotopic (exact) mass is 956 g/mol. The summed E-state index contributed by atoms with van der Waals surface area (Å²) < 4.78 is 158. The van der Waals surface area contributed by atoms with Crippen molar-refractivity contribution in [3.8, 4) is 5.75 Å². The fraction of sp³-hybridized carbons (Fsp3) is 0.867. The van der Waals surface area contributed by atoms with E-state index >= 15 is 0 Å². The topological polar surface area (TPSA) is 64.6 Å². The summed E-state index contributed by atoms with van der Waals surface area (Å²) in [5.74, 6) is 4.14. The van der Waals surface area contributed by atoms with Crippen LogP contribution in [0.5, 0.6) is 5.75 Å². The summed E-state index contributed by atoms with van der Waals surface area (Å²) in [6.45, 7) is 13.5. The Morgan fingerprint density at radius 2 is 1.29 bits per heavy atom. The van der Waals surface area contributed by atoms with E-state index in [9.17, 15) is 39.5 Å². The van der Waals surface area contributed by atoms with Crippen LogP contribution in [0.1, 0.15) is 116 Å². The molecule has 0 radical (unpaired) electrons. The molecule has 0 saturated heterocycles. The van der Waals surface area contributed by atoms with Gasteiger partial charge in [-0.1, -0.05) is 34.6 Å². The number of benzene rings is 1. The van der Waals surface area contributed by atoms with Gasteiger partial charge in [-0.05, 0) is 145 Å². The minimum Gasteiger partial charge on any atom is -0.494 e. The van der Waals surface area contributed by atoms with Crippen molar-refractivity contribution in [2.45, 2.75) is 154 Å². The van der Waals surface area contributed by atoms with E-state index in [4.69, 9.17) is 28.4 Å². The van der Waals surface area contributed by atoms with Crippen LogP contribution >= 0.6 is 21.6 Å². The van der Waals surface area contributed by atoms with Gasteiger partial charge in [-0.3, -0.25) is 0 Å². The van der Waals surface area contributed by atoms with Gasteiger partial charge in [0.1, 0.15) is 5.75 Å². The van der Waals surface area contributed by atoms with Crippen LogP contribution in [0.3, 0.4) is 0 Å². The molecule has 366 valence electrons. The predicted octanol–water partition coefficient (Wildman–Crippen LogP) is 12.6. The van der Waals surface area contributed by atoms with E-state index in [1.807, 2.05) is 6.07 Å². The second-order valence-corrected chi connectivity index (χ2v) is 20.5. The Balaban J connectivity index is 1.06. The lowest BCUT2D eigenvalue weighted by molar-refractivity contribution is -0.457. The third kappa shape index (κ3) is 15.4. The number of hydrogen-bond donors (Lipinski definition) is 0. The fourth-order valence-electron chi connectivity index (χ4n) is 9.46. The van der Waals surface area contributed by atoms with Gasteiger partial charge in [0.15, 0.2) is 0 Å². The molecule has 0 aromatic heterocycles. The van der Waals surface area contributed by atoms with Crippen molar-refractivity contribution in [2.24, 2.45) is 23.2 Å². The molecule has 7 nitrogen and oxygen atoms in total. The zero-order chi connectivity index (χ0) is 46.3. The van der Waals surface area contributed by atoms with Crippen molar-refractivity contribution in [3.63, 3.8) is 0 Å². The summed E-state index contributed by atoms with van der Waals surface area (Å²) in [4.78, 5) is 0. The van der Waals surface area contributed by atoms with E-state index < -0.39 is 37.2 Å². The standard InChI is InChI=1S/C45H69F9O7S2/c1-31(2)59-29-33(30-60-32(3)4)10-8-20-56-25-27-63-62-26-24-55-19-6-7-21-57-35-12-14-36-34(28-35)11-13-38-37(36)17-18-41(5)39(38)15-16-40(41)58-22-9-23-61-42(43(46,47)48,44(49,50)51)45(52,53)54/h12,14,28,31-33,37-40H,6-11,13,15-27,29-30H2,1-5H3. The molecular formula is C45H69F9O7S2. The molecule has 1 aromatic rings. The minimum absolute atomic E-state index is 0.217. The van der Waals surface area contributed by atoms with E-state index in [1.54, 1.807) is 21.6 Å². The van der Waals surface area contributed by atoms with Gasteiger partial charge in [0, 0.05) is 37.2 Å². The first-order valence-corrected chi connectivity index (χ1v) is 25.0. The lowest BCUT2D eigenvalue weighted by Gasteiger charge is -2.50. The van der Waals surface area contributed by atoms with Crippen LogP contribution in [0.15, 0.2) is 18.2 Å². The minimum atomic E-state index is -6.74. The highest BCUT2D eigenvalue weighted by Crippen LogP contribution is 2.62. The van der Waals surface area contributed by atoms with Crippen LogP contribution in [-0.2, 0) is 34.8 Å². The van der Waals surface area contributed by atoms with Crippen molar-refractivity contribution in [2.75, 3.05) is 71.0 Å². The number of alkyl halides is 9. The average Bonchev–Trinajstić information content (AvgIpc) is 3.53. The van der Waals surface area contributed by atoms with Crippen LogP contribution < -0.4 is 4.74 Å². The Morgan fingerprint density at radius 1 is 0.683 bits per heavy atom. The maximum atomic E-state index is 13.2. The zero-order valence-corrected chi connectivity index (χ0v) is 39.0. The molecule has 4 rings (SSSR count). The molecule has 0 bridgehead atoms. The Bertz CT molecular complexity index is 1420. The number of rotatable bonds is 29. The number of aryl methyl sites for hydroxylation is 1. The van der Waals surface area contributed by atoms with Gasteiger partial charge < -0.3 is 33.2 Å². The molecule has 0 amide bonds. The van der Waals surface area contributed by atoms with Crippen molar-refractivity contribution < 1.29 is 72.7 Å². The van der Waals surface area contributed by atoms with Gasteiger partial charge >= 0.3 is 24.1 Å². The van der Waals surface area contributed by atoms with Gasteiger partial charge in [0.05, 0.1) is 58.0 Å². The molecule has 18 heteroatoms. The lowest BCUT2D eigenvalue weighted by Crippen LogP contribution is -2.67. The number of fused-ring (bicyclic) bond motifs is 5. The summed E-state index contributed by atoms with van der Waals surface area (Å²) in [5.41, 5.74) is -3.91. The van der Waals surface area contributed by atoms with E-state index in [1.165, 1.54) is 11.1 Å². The summed E-state index contributed by atoms with van der Waals surface area (Å²) >= 11 is 0. The predicted molar refractivity (Wildman–Crippen MR) is 228 cm³/mol. The molecule has 1 aromatic carbocycles. The lowest BCUT2D eigenvalue weighted by atomic mass is 9.55. The largest absolute Gasteiger partial charge is 0.494 e. The molecular weight excluding hydrogens is 888 g/mol. The zero-order valence-electron chi connectivity index (χ0n) is 37.4. The van der Waals surface area contributed by atoms with Gasteiger partial charge in [-0.15, -0.1) is 0 Å². The van der Waals surface area contributed by atoms with Crippen molar-refractivity contribution in [1.82, 2.24) is 0 Å². The smallest absolute Gasteiger partial charge is 0.435 e. The molecule has 0 N–H and O–H groups in total. The Labute approximate surface area is 376 Å². The van der Waals surface area contributed by atoms with Crippen LogP contribution in [-0.4, -0.2) is 113 Å².